The van der Waals surface area contributed by atoms with Crippen molar-refractivity contribution in [1.29, 1.82) is 0 Å². The molecular formula is C16H12N4O2S. The molecule has 0 saturated heterocycles. The number of rotatable bonds is 4. The van der Waals surface area contributed by atoms with E-state index in [2.05, 4.69) is 19.9 Å². The Labute approximate surface area is 136 Å². The fourth-order valence-electron chi connectivity index (χ4n) is 2.07. The van der Waals surface area contributed by atoms with Gasteiger partial charge in [-0.15, -0.1) is 11.3 Å². The van der Waals surface area contributed by atoms with Gasteiger partial charge in [-0.2, -0.15) is 0 Å². The largest absolute Gasteiger partial charge is 0.478 e. The molecule has 0 atom stereocenters. The molecule has 1 N–H and O–H groups in total. The molecule has 0 spiro atoms. The molecule has 0 aromatic carbocycles. The fraction of sp³-hybridized carbons (Fsp3) is 0.0625. The molecule has 0 radical (unpaired) electrons. The van der Waals surface area contributed by atoms with Crippen molar-refractivity contribution in [3.05, 3.63) is 54.2 Å². The van der Waals surface area contributed by atoms with E-state index in [9.17, 15) is 4.79 Å². The molecule has 3 aromatic rings. The number of pyridine rings is 1. The van der Waals surface area contributed by atoms with Crippen LogP contribution in [0.3, 0.4) is 0 Å². The van der Waals surface area contributed by atoms with Crippen LogP contribution in [-0.4, -0.2) is 31.0 Å². The number of hydrogen-bond acceptors (Lipinski definition) is 6. The molecule has 3 aromatic heterocycles. The number of hydrogen-bond donors (Lipinski definition) is 1. The first-order valence-electron chi connectivity index (χ1n) is 6.73. The van der Waals surface area contributed by atoms with E-state index in [1.54, 1.807) is 31.7 Å². The molecule has 0 unspecified atom stereocenters. The molecule has 114 valence electrons. The summed E-state index contributed by atoms with van der Waals surface area (Å²) in [4.78, 5) is 28.4. The lowest BCUT2D eigenvalue weighted by Crippen LogP contribution is -1.91. The molecule has 0 aliphatic rings. The molecule has 0 fully saturated rings. The summed E-state index contributed by atoms with van der Waals surface area (Å²) in [6.45, 7) is 1.76. The minimum absolute atomic E-state index is 0.633. The number of aliphatic carboxylic acids is 1. The first-order chi connectivity index (χ1) is 11.1. The molecule has 0 bridgehead atoms. The second-order valence-electron chi connectivity index (χ2n) is 4.73. The summed E-state index contributed by atoms with van der Waals surface area (Å²) < 4.78 is 0. The van der Waals surface area contributed by atoms with Crippen LogP contribution < -0.4 is 0 Å². The molecule has 0 aliphatic heterocycles. The predicted molar refractivity (Wildman–Crippen MR) is 87.7 cm³/mol. The number of carbonyl (C=O) groups is 1. The highest BCUT2D eigenvalue weighted by atomic mass is 32.1. The van der Waals surface area contributed by atoms with Crippen LogP contribution in [0.1, 0.15) is 11.8 Å². The smallest absolute Gasteiger partial charge is 0.328 e. The molecule has 6 nitrogen and oxygen atoms in total. The maximum atomic E-state index is 11.0. The lowest BCUT2D eigenvalue weighted by Gasteiger charge is -2.00. The second-order valence-corrected chi connectivity index (χ2v) is 5.72. The van der Waals surface area contributed by atoms with Gasteiger partial charge < -0.3 is 5.11 Å². The van der Waals surface area contributed by atoms with Crippen LogP contribution in [0.25, 0.3) is 27.4 Å². The van der Waals surface area contributed by atoms with E-state index in [0.29, 0.717) is 11.3 Å². The monoisotopic (exact) mass is 324 g/mol. The van der Waals surface area contributed by atoms with E-state index in [1.807, 2.05) is 12.1 Å². The Morgan fingerprint density at radius 3 is 2.48 bits per heavy atom. The van der Waals surface area contributed by atoms with Crippen LogP contribution in [0.5, 0.6) is 0 Å². The highest BCUT2D eigenvalue weighted by molar-refractivity contribution is 7.16. The molecule has 3 heterocycles. The second kappa shape index (κ2) is 6.45. The predicted octanol–water partition coefficient (Wildman–Crippen LogP) is 3.15. The number of aromatic nitrogens is 4. The minimum Gasteiger partial charge on any atom is -0.478 e. The summed E-state index contributed by atoms with van der Waals surface area (Å²) in [7, 11) is 0. The summed E-state index contributed by atoms with van der Waals surface area (Å²) in [6.07, 6.45) is 9.34. The third-order valence-corrected chi connectivity index (χ3v) is 4.33. The van der Waals surface area contributed by atoms with Gasteiger partial charge in [-0.1, -0.05) is 0 Å². The number of allylic oxidation sites excluding steroid dienone is 1. The first kappa shape index (κ1) is 15.0. The summed E-state index contributed by atoms with van der Waals surface area (Å²) >= 11 is 1.43. The fourth-order valence-corrected chi connectivity index (χ4v) is 3.14. The summed E-state index contributed by atoms with van der Waals surface area (Å²) in [5, 5.41) is 9.80. The Hall–Kier alpha value is -2.93. The molecule has 3 rings (SSSR count). The highest BCUT2D eigenvalue weighted by Crippen LogP contribution is 2.37. The number of nitrogens with zero attached hydrogens (tertiary/aromatic N) is 4. The quantitative estimate of drug-likeness (QED) is 0.742. The van der Waals surface area contributed by atoms with Gasteiger partial charge in [0, 0.05) is 42.0 Å². The first-order valence-corrected chi connectivity index (χ1v) is 7.55. The van der Waals surface area contributed by atoms with Crippen LogP contribution in [-0.2, 0) is 4.79 Å². The Morgan fingerprint density at radius 2 is 1.83 bits per heavy atom. The lowest BCUT2D eigenvalue weighted by atomic mass is 10.1. The van der Waals surface area contributed by atoms with Gasteiger partial charge in [0.1, 0.15) is 11.3 Å². The Bertz CT molecular complexity index is 860. The van der Waals surface area contributed by atoms with Crippen molar-refractivity contribution in [2.45, 2.75) is 6.92 Å². The number of thiazole rings is 1. The Kier molecular flexibility index (Phi) is 4.20. The van der Waals surface area contributed by atoms with Gasteiger partial charge in [-0.3, -0.25) is 4.98 Å². The van der Waals surface area contributed by atoms with Crippen molar-refractivity contribution in [1.82, 2.24) is 19.9 Å². The normalized spacial score (nSPS) is 11.4. The molecule has 0 amide bonds. The SMILES string of the molecule is C/C(=C\C(=O)O)c1sc(-c2ccncc2)nc1-c1cncnc1. The standard InChI is InChI=1S/C16H12N4O2S/c1-10(6-13(21)22)15-14(12-7-18-9-19-8-12)20-16(23-15)11-2-4-17-5-3-11/h2-9H,1H3,(H,21,22)/b10-6+. The maximum absolute atomic E-state index is 11.0. The van der Waals surface area contributed by atoms with Crippen LogP contribution in [0.2, 0.25) is 0 Å². The van der Waals surface area contributed by atoms with Crippen LogP contribution >= 0.6 is 11.3 Å². The average molecular weight is 324 g/mol. The molecular weight excluding hydrogens is 312 g/mol. The lowest BCUT2D eigenvalue weighted by molar-refractivity contribution is -0.131. The van der Waals surface area contributed by atoms with Gasteiger partial charge in [0.05, 0.1) is 10.6 Å². The summed E-state index contributed by atoms with van der Waals surface area (Å²) in [6, 6.07) is 3.73. The van der Waals surface area contributed by atoms with Crippen LogP contribution in [0.4, 0.5) is 0 Å². The van der Waals surface area contributed by atoms with Crippen molar-refractivity contribution in [2.24, 2.45) is 0 Å². The summed E-state index contributed by atoms with van der Waals surface area (Å²) in [5.41, 5.74) is 2.99. The van der Waals surface area contributed by atoms with Crippen molar-refractivity contribution < 1.29 is 9.90 Å². The van der Waals surface area contributed by atoms with Crippen molar-refractivity contribution in [3.8, 4) is 21.8 Å². The van der Waals surface area contributed by atoms with Crippen molar-refractivity contribution >= 4 is 22.9 Å². The topological polar surface area (TPSA) is 88.9 Å². The molecule has 0 aliphatic carbocycles. The minimum atomic E-state index is -0.989. The van der Waals surface area contributed by atoms with Gasteiger partial charge in [-0.25, -0.2) is 19.7 Å². The molecule has 23 heavy (non-hydrogen) atoms. The van der Waals surface area contributed by atoms with E-state index in [-0.39, 0.29) is 0 Å². The van der Waals surface area contributed by atoms with Crippen LogP contribution in [0, 0.1) is 0 Å². The van der Waals surface area contributed by atoms with Gasteiger partial charge in [0.15, 0.2) is 0 Å². The molecule has 7 heteroatoms. The zero-order valence-corrected chi connectivity index (χ0v) is 13.0. The van der Waals surface area contributed by atoms with Gasteiger partial charge in [-0.05, 0) is 24.6 Å². The maximum Gasteiger partial charge on any atom is 0.328 e. The Balaban J connectivity index is 2.17. The third-order valence-electron chi connectivity index (χ3n) is 3.09. The average Bonchev–Trinajstić information content (AvgIpc) is 3.01. The van der Waals surface area contributed by atoms with Gasteiger partial charge >= 0.3 is 5.97 Å². The van der Waals surface area contributed by atoms with E-state index in [1.165, 1.54) is 23.7 Å². The van der Waals surface area contributed by atoms with E-state index < -0.39 is 5.97 Å². The van der Waals surface area contributed by atoms with Gasteiger partial charge in [0.25, 0.3) is 0 Å². The summed E-state index contributed by atoms with van der Waals surface area (Å²) in [5.74, 6) is -0.989. The van der Waals surface area contributed by atoms with Gasteiger partial charge in [0.2, 0.25) is 0 Å². The molecule has 0 saturated carbocycles. The van der Waals surface area contributed by atoms with Crippen LogP contribution in [0.15, 0.2) is 49.3 Å². The zero-order valence-electron chi connectivity index (χ0n) is 12.2. The number of carboxylic acid groups (broad SMARTS) is 1. The van der Waals surface area contributed by atoms with E-state index in [0.717, 1.165) is 21.0 Å². The highest BCUT2D eigenvalue weighted by Gasteiger charge is 2.16. The third kappa shape index (κ3) is 3.29. The van der Waals surface area contributed by atoms with Crippen molar-refractivity contribution in [2.75, 3.05) is 0 Å². The zero-order chi connectivity index (χ0) is 16.2. The van der Waals surface area contributed by atoms with E-state index in [4.69, 9.17) is 5.11 Å². The van der Waals surface area contributed by atoms with E-state index >= 15 is 0 Å². The van der Waals surface area contributed by atoms with Crippen molar-refractivity contribution in [3.63, 3.8) is 0 Å². The number of carboxylic acids is 1. The Morgan fingerprint density at radius 1 is 1.13 bits per heavy atom.